The minimum atomic E-state index is 1.15. The standard InChI is InChI=1S/C58H37N/c1-3-14-38(15-4-1)42-19-13-20-43(36-42)44-29-33-47-45(37-44)30-35-54-57(47)53-34-28-39-16-7-8-21-48(39)58(53)59(54)46-31-26-41(27-32-46)56-51-24-11-9-22-49(51)55(40-17-5-2-6-18-40)50-23-10-12-25-52(50)56/h1-37H. The van der Waals surface area contributed by atoms with E-state index >= 15 is 0 Å². The van der Waals surface area contributed by atoms with Crippen molar-refractivity contribution in [2.24, 2.45) is 0 Å². The van der Waals surface area contributed by atoms with E-state index in [-0.39, 0.29) is 0 Å². The van der Waals surface area contributed by atoms with Gasteiger partial charge in [-0.15, -0.1) is 0 Å². The Morgan fingerprint density at radius 3 is 1.39 bits per heavy atom. The largest absolute Gasteiger partial charge is 0.309 e. The summed E-state index contributed by atoms with van der Waals surface area (Å²) in [7, 11) is 0. The van der Waals surface area contributed by atoms with Crippen molar-refractivity contribution >= 4 is 64.9 Å². The SMILES string of the molecule is c1ccc(-c2cccc(-c3ccc4c(ccc5c4c4ccc6ccccc6c4n5-c4ccc(-c5c6ccccc6c(-c6ccccc6)c6ccccc56)cc4)c3)c2)cc1. The van der Waals surface area contributed by atoms with E-state index in [0.717, 1.165) is 5.69 Å². The van der Waals surface area contributed by atoms with Gasteiger partial charge in [0.2, 0.25) is 0 Å². The molecule has 1 heterocycles. The zero-order valence-electron chi connectivity index (χ0n) is 32.3. The van der Waals surface area contributed by atoms with Crippen molar-refractivity contribution in [3.8, 4) is 50.2 Å². The van der Waals surface area contributed by atoms with Gasteiger partial charge in [0.05, 0.1) is 11.0 Å². The third-order valence-electron chi connectivity index (χ3n) is 12.3. The fourth-order valence-corrected chi connectivity index (χ4v) is 9.70. The van der Waals surface area contributed by atoms with E-state index in [9.17, 15) is 0 Å². The van der Waals surface area contributed by atoms with Gasteiger partial charge in [0.25, 0.3) is 0 Å². The van der Waals surface area contributed by atoms with Crippen LogP contribution in [0.4, 0.5) is 0 Å². The summed E-state index contributed by atoms with van der Waals surface area (Å²) in [6.07, 6.45) is 0. The Balaban J connectivity index is 1.05. The Hall–Kier alpha value is -7.74. The Morgan fingerprint density at radius 2 is 0.729 bits per heavy atom. The predicted octanol–water partition coefficient (Wildman–Crippen LogP) is 16.1. The molecule has 0 N–H and O–H groups in total. The molecule has 0 saturated carbocycles. The number of rotatable bonds is 5. The van der Waals surface area contributed by atoms with Gasteiger partial charge in [-0.1, -0.05) is 194 Å². The summed E-state index contributed by atoms with van der Waals surface area (Å²) in [4.78, 5) is 0. The van der Waals surface area contributed by atoms with E-state index in [0.29, 0.717) is 0 Å². The van der Waals surface area contributed by atoms with Crippen molar-refractivity contribution < 1.29 is 0 Å². The van der Waals surface area contributed by atoms with E-state index in [1.807, 2.05) is 0 Å². The van der Waals surface area contributed by atoms with Crippen molar-refractivity contribution in [1.82, 2.24) is 4.57 Å². The van der Waals surface area contributed by atoms with Crippen molar-refractivity contribution in [2.45, 2.75) is 0 Å². The molecule has 59 heavy (non-hydrogen) atoms. The molecule has 0 atom stereocenters. The number of hydrogen-bond acceptors (Lipinski definition) is 0. The van der Waals surface area contributed by atoms with Crippen molar-refractivity contribution in [3.05, 3.63) is 224 Å². The molecule has 0 spiro atoms. The molecule has 0 aliphatic rings. The molecule has 1 heteroatoms. The predicted molar refractivity (Wildman–Crippen MR) is 253 cm³/mol. The number of benzene rings is 11. The molecular formula is C58H37N. The molecular weight excluding hydrogens is 711 g/mol. The summed E-state index contributed by atoms with van der Waals surface area (Å²) in [6.45, 7) is 0. The normalized spacial score (nSPS) is 11.7. The summed E-state index contributed by atoms with van der Waals surface area (Å²) in [5, 5.41) is 12.6. The smallest absolute Gasteiger partial charge is 0.0619 e. The number of hydrogen-bond donors (Lipinski definition) is 0. The Bertz CT molecular complexity index is 3520. The Labute approximate surface area is 342 Å². The second-order valence-electron chi connectivity index (χ2n) is 15.6. The molecule has 0 aliphatic heterocycles. The van der Waals surface area contributed by atoms with Crippen LogP contribution in [0.15, 0.2) is 224 Å². The monoisotopic (exact) mass is 747 g/mol. The molecule has 12 rings (SSSR count). The van der Waals surface area contributed by atoms with Crippen LogP contribution in [0.3, 0.4) is 0 Å². The van der Waals surface area contributed by atoms with Gasteiger partial charge < -0.3 is 4.57 Å². The highest BCUT2D eigenvalue weighted by Crippen LogP contribution is 2.45. The quantitative estimate of drug-likeness (QED) is 0.155. The van der Waals surface area contributed by atoms with Crippen LogP contribution in [0.25, 0.3) is 115 Å². The molecule has 0 unspecified atom stereocenters. The van der Waals surface area contributed by atoms with Crippen LogP contribution in [-0.2, 0) is 0 Å². The molecule has 11 aromatic carbocycles. The third kappa shape index (κ3) is 5.33. The molecule has 1 aromatic heterocycles. The summed E-state index contributed by atoms with van der Waals surface area (Å²) >= 11 is 0. The lowest BCUT2D eigenvalue weighted by molar-refractivity contribution is 1.19. The highest BCUT2D eigenvalue weighted by atomic mass is 15.0. The molecule has 0 saturated heterocycles. The summed E-state index contributed by atoms with van der Waals surface area (Å²) in [5.74, 6) is 0. The van der Waals surface area contributed by atoms with Crippen LogP contribution in [0, 0.1) is 0 Å². The van der Waals surface area contributed by atoms with Gasteiger partial charge in [-0.2, -0.15) is 0 Å². The Kier molecular flexibility index (Phi) is 7.61. The minimum Gasteiger partial charge on any atom is -0.309 e. The first kappa shape index (κ1) is 33.4. The van der Waals surface area contributed by atoms with Crippen LogP contribution in [0.5, 0.6) is 0 Å². The van der Waals surface area contributed by atoms with Crippen LogP contribution >= 0.6 is 0 Å². The lowest BCUT2D eigenvalue weighted by atomic mass is 9.86. The van der Waals surface area contributed by atoms with Gasteiger partial charge in [0.1, 0.15) is 0 Å². The molecule has 0 bridgehead atoms. The fourth-order valence-electron chi connectivity index (χ4n) is 9.70. The average Bonchev–Trinajstić information content (AvgIpc) is 3.66. The van der Waals surface area contributed by atoms with Crippen molar-refractivity contribution in [2.75, 3.05) is 0 Å². The number of nitrogens with zero attached hydrogens (tertiary/aromatic N) is 1. The van der Waals surface area contributed by atoms with Crippen LogP contribution in [0.1, 0.15) is 0 Å². The molecule has 274 valence electrons. The van der Waals surface area contributed by atoms with Gasteiger partial charge in [0, 0.05) is 21.8 Å². The summed E-state index contributed by atoms with van der Waals surface area (Å²) in [6, 6.07) is 82.4. The van der Waals surface area contributed by atoms with Crippen molar-refractivity contribution in [3.63, 3.8) is 0 Å². The zero-order valence-corrected chi connectivity index (χ0v) is 32.3. The van der Waals surface area contributed by atoms with E-state index in [1.165, 1.54) is 109 Å². The van der Waals surface area contributed by atoms with E-state index in [2.05, 4.69) is 229 Å². The maximum Gasteiger partial charge on any atom is 0.0619 e. The van der Waals surface area contributed by atoms with Crippen LogP contribution in [0.2, 0.25) is 0 Å². The van der Waals surface area contributed by atoms with E-state index in [4.69, 9.17) is 0 Å². The van der Waals surface area contributed by atoms with E-state index < -0.39 is 0 Å². The van der Waals surface area contributed by atoms with Crippen molar-refractivity contribution in [1.29, 1.82) is 0 Å². The second-order valence-corrected chi connectivity index (χ2v) is 15.6. The third-order valence-corrected chi connectivity index (χ3v) is 12.3. The Morgan fingerprint density at radius 1 is 0.254 bits per heavy atom. The molecule has 0 fully saturated rings. The first-order chi connectivity index (χ1) is 29.3. The maximum absolute atomic E-state index is 2.49. The summed E-state index contributed by atoms with van der Waals surface area (Å²) < 4.78 is 2.49. The zero-order chi connectivity index (χ0) is 38.9. The second kappa shape index (κ2) is 13.4. The topological polar surface area (TPSA) is 4.93 Å². The highest BCUT2D eigenvalue weighted by molar-refractivity contribution is 6.26. The lowest BCUT2D eigenvalue weighted by Gasteiger charge is -2.18. The van der Waals surface area contributed by atoms with Gasteiger partial charge in [-0.25, -0.2) is 0 Å². The summed E-state index contributed by atoms with van der Waals surface area (Å²) in [5.41, 5.74) is 13.5. The van der Waals surface area contributed by atoms with E-state index in [1.54, 1.807) is 0 Å². The van der Waals surface area contributed by atoms with Gasteiger partial charge in [-0.3, -0.25) is 0 Å². The first-order valence-electron chi connectivity index (χ1n) is 20.4. The van der Waals surface area contributed by atoms with Gasteiger partial charge >= 0.3 is 0 Å². The molecule has 0 aliphatic carbocycles. The highest BCUT2D eigenvalue weighted by Gasteiger charge is 2.20. The fraction of sp³-hybridized carbons (Fsp3) is 0. The molecule has 0 radical (unpaired) electrons. The first-order valence-corrected chi connectivity index (χ1v) is 20.4. The number of aromatic nitrogens is 1. The average molecular weight is 748 g/mol. The number of fused-ring (bicyclic) bond motifs is 9. The maximum atomic E-state index is 2.49. The minimum absolute atomic E-state index is 1.15. The van der Waals surface area contributed by atoms with Gasteiger partial charge in [-0.05, 0) is 113 Å². The van der Waals surface area contributed by atoms with Crippen LogP contribution < -0.4 is 0 Å². The molecule has 1 nitrogen and oxygen atoms in total. The lowest BCUT2D eigenvalue weighted by Crippen LogP contribution is -1.95. The van der Waals surface area contributed by atoms with Crippen LogP contribution in [-0.4, -0.2) is 4.57 Å². The molecule has 12 aromatic rings. The molecule has 0 amide bonds. The van der Waals surface area contributed by atoms with Gasteiger partial charge in [0.15, 0.2) is 0 Å².